The Labute approximate surface area is 190 Å². The molecule has 33 heavy (non-hydrogen) atoms. The van der Waals surface area contributed by atoms with Gasteiger partial charge in [0, 0.05) is 35.8 Å². The summed E-state index contributed by atoms with van der Waals surface area (Å²) >= 11 is 0. The fourth-order valence-electron chi connectivity index (χ4n) is 4.87. The summed E-state index contributed by atoms with van der Waals surface area (Å²) in [6.07, 6.45) is 5.21. The third-order valence-electron chi connectivity index (χ3n) is 6.27. The number of alkyl halides is 2. The Bertz CT molecular complexity index is 1140. The molecule has 0 unspecified atom stereocenters. The molecule has 2 aromatic heterocycles. The molecule has 1 saturated carbocycles. The van der Waals surface area contributed by atoms with Gasteiger partial charge >= 0.3 is 0 Å². The summed E-state index contributed by atoms with van der Waals surface area (Å²) < 4.78 is 39.4. The van der Waals surface area contributed by atoms with Gasteiger partial charge in [-0.15, -0.1) is 0 Å². The minimum Gasteiger partial charge on any atom is -0.378 e. The third-order valence-corrected chi connectivity index (χ3v) is 6.27. The molecule has 0 spiro atoms. The van der Waals surface area contributed by atoms with Gasteiger partial charge in [0.15, 0.2) is 5.78 Å². The number of nitrogens with one attached hydrogen (secondary N) is 1. The number of halogens is 3. The number of nitrogens with two attached hydrogens (primary N) is 1. The van der Waals surface area contributed by atoms with Gasteiger partial charge in [0.05, 0.1) is 23.9 Å². The lowest BCUT2D eigenvalue weighted by atomic mass is 9.75. The lowest BCUT2D eigenvalue weighted by molar-refractivity contribution is 0.0993. The number of nitrogens with zero attached hydrogens (tertiary/aromatic N) is 2. The largest absolute Gasteiger partial charge is 0.378 e. The number of benzene rings is 1. The van der Waals surface area contributed by atoms with Crippen molar-refractivity contribution in [2.45, 2.75) is 51.0 Å². The summed E-state index contributed by atoms with van der Waals surface area (Å²) in [5, 5.41) is 2.63. The van der Waals surface area contributed by atoms with E-state index < -0.39 is 18.8 Å². The number of hydrogen-bond donors (Lipinski definition) is 2. The minimum absolute atomic E-state index is 0.108. The molecule has 5 nitrogen and oxygen atoms in total. The highest BCUT2D eigenvalue weighted by Gasteiger charge is 2.27. The Balaban J connectivity index is 1.62. The van der Waals surface area contributed by atoms with Gasteiger partial charge in [-0.2, -0.15) is 0 Å². The van der Waals surface area contributed by atoms with Crippen molar-refractivity contribution >= 4 is 22.4 Å². The zero-order chi connectivity index (χ0) is 23.5. The molecule has 0 radical (unpaired) electrons. The molecule has 4 rings (SSSR count). The van der Waals surface area contributed by atoms with Crippen LogP contribution in [0.1, 0.15) is 53.6 Å². The van der Waals surface area contributed by atoms with Crippen LogP contribution in [0.25, 0.3) is 10.9 Å². The molecule has 1 fully saturated rings. The lowest BCUT2D eigenvalue weighted by Gasteiger charge is -2.32. The Morgan fingerprint density at radius 2 is 2.03 bits per heavy atom. The van der Waals surface area contributed by atoms with E-state index in [1.165, 1.54) is 24.4 Å². The van der Waals surface area contributed by atoms with Gasteiger partial charge in [0.25, 0.3) is 6.43 Å². The zero-order valence-corrected chi connectivity index (χ0v) is 18.4. The molecule has 1 aromatic carbocycles. The molecule has 2 heterocycles. The number of fused-ring (bicyclic) bond motifs is 1. The van der Waals surface area contributed by atoms with E-state index in [1.807, 2.05) is 6.07 Å². The Kier molecular flexibility index (Phi) is 6.93. The maximum absolute atomic E-state index is 14.5. The van der Waals surface area contributed by atoms with Crippen molar-refractivity contribution in [1.82, 2.24) is 9.97 Å². The van der Waals surface area contributed by atoms with Gasteiger partial charge < -0.3 is 11.1 Å². The number of carbonyl (C=O) groups excluding carboxylic acids is 1. The van der Waals surface area contributed by atoms with Crippen molar-refractivity contribution in [3.8, 4) is 0 Å². The van der Waals surface area contributed by atoms with E-state index in [0.29, 0.717) is 5.92 Å². The molecule has 1 aliphatic rings. The van der Waals surface area contributed by atoms with Gasteiger partial charge in [0.1, 0.15) is 5.82 Å². The second-order valence-corrected chi connectivity index (χ2v) is 8.93. The van der Waals surface area contributed by atoms with Crippen LogP contribution in [0.15, 0.2) is 42.9 Å². The van der Waals surface area contributed by atoms with Gasteiger partial charge in [0.2, 0.25) is 0 Å². The summed E-state index contributed by atoms with van der Waals surface area (Å²) in [6.45, 7) is 1.62. The van der Waals surface area contributed by atoms with Gasteiger partial charge in [-0.25, -0.2) is 13.2 Å². The van der Waals surface area contributed by atoms with E-state index in [0.717, 1.165) is 30.4 Å². The van der Waals surface area contributed by atoms with Crippen molar-refractivity contribution < 1.29 is 18.0 Å². The zero-order valence-electron chi connectivity index (χ0n) is 18.4. The molecule has 3 aromatic rings. The summed E-state index contributed by atoms with van der Waals surface area (Å²) in [5.74, 6) is -0.000111. The van der Waals surface area contributed by atoms with Crippen molar-refractivity contribution in [2.75, 3.05) is 11.9 Å². The van der Waals surface area contributed by atoms with Crippen molar-refractivity contribution in [3.63, 3.8) is 0 Å². The summed E-state index contributed by atoms with van der Waals surface area (Å²) in [5.41, 5.74) is 8.93. The summed E-state index contributed by atoms with van der Waals surface area (Å²) in [4.78, 5) is 21.7. The van der Waals surface area contributed by atoms with E-state index in [2.05, 4.69) is 22.2 Å². The summed E-state index contributed by atoms with van der Waals surface area (Å²) in [6, 6.07) is 6.12. The molecular formula is C25H27F3N4O. The number of hydrogen-bond acceptors (Lipinski definition) is 5. The maximum Gasteiger partial charge on any atom is 0.255 e. The average molecular weight is 457 g/mol. The van der Waals surface area contributed by atoms with Gasteiger partial charge in [-0.1, -0.05) is 6.92 Å². The molecule has 0 saturated heterocycles. The molecule has 3 N–H and O–H groups in total. The number of carbonyl (C=O) groups is 1. The number of ketones is 1. The standard InChI is InChI=1S/C25H27F3N4O/c1-14-6-15(8-17(29)7-14)19-4-5-30-11-16(19)9-23(33)20-2-3-22(26)21-10-18(12-32-25(20)21)31-13-24(27)28/h2-5,10-12,14-15,17,24,31H,6-9,13,29H2,1H3/t14-,15+,17-/m0/s1. The van der Waals surface area contributed by atoms with Crippen molar-refractivity contribution in [1.29, 1.82) is 0 Å². The van der Waals surface area contributed by atoms with Crippen LogP contribution in [0.4, 0.5) is 18.9 Å². The van der Waals surface area contributed by atoms with Gasteiger partial charge in [-0.05, 0) is 66.5 Å². The van der Waals surface area contributed by atoms with Crippen LogP contribution < -0.4 is 11.1 Å². The first kappa shape index (κ1) is 23.2. The highest BCUT2D eigenvalue weighted by molar-refractivity contribution is 6.08. The minimum atomic E-state index is -2.55. The van der Waals surface area contributed by atoms with E-state index in [9.17, 15) is 18.0 Å². The molecule has 0 amide bonds. The molecule has 1 aliphatic carbocycles. The first-order valence-electron chi connectivity index (χ1n) is 11.1. The highest BCUT2D eigenvalue weighted by Crippen LogP contribution is 2.37. The third kappa shape index (κ3) is 5.33. The van der Waals surface area contributed by atoms with E-state index in [-0.39, 0.29) is 46.3 Å². The number of Topliss-reactive ketones (excluding diaryl/α,β-unsaturated/α-hetero) is 1. The molecule has 3 atom stereocenters. The Morgan fingerprint density at radius 3 is 2.79 bits per heavy atom. The monoisotopic (exact) mass is 456 g/mol. The fraction of sp³-hybridized carbons (Fsp3) is 0.400. The van der Waals surface area contributed by atoms with Crippen LogP contribution in [0.3, 0.4) is 0 Å². The first-order chi connectivity index (χ1) is 15.8. The molecule has 8 heteroatoms. The second kappa shape index (κ2) is 9.87. The first-order valence-corrected chi connectivity index (χ1v) is 11.1. The van der Waals surface area contributed by atoms with E-state index in [1.54, 1.807) is 12.4 Å². The van der Waals surface area contributed by atoms with Crippen molar-refractivity contribution in [3.05, 3.63) is 65.4 Å². The number of pyridine rings is 2. The average Bonchev–Trinajstić information content (AvgIpc) is 2.77. The van der Waals surface area contributed by atoms with Crippen LogP contribution in [0, 0.1) is 11.7 Å². The smallest absolute Gasteiger partial charge is 0.255 e. The Morgan fingerprint density at radius 1 is 1.21 bits per heavy atom. The van der Waals surface area contributed by atoms with E-state index >= 15 is 0 Å². The predicted molar refractivity (Wildman–Crippen MR) is 122 cm³/mol. The second-order valence-electron chi connectivity index (χ2n) is 8.93. The van der Waals surface area contributed by atoms with Crippen LogP contribution in [-0.2, 0) is 6.42 Å². The lowest BCUT2D eigenvalue weighted by Crippen LogP contribution is -2.31. The van der Waals surface area contributed by atoms with Gasteiger partial charge in [-0.3, -0.25) is 14.8 Å². The predicted octanol–water partition coefficient (Wildman–Crippen LogP) is 5.10. The van der Waals surface area contributed by atoms with Crippen molar-refractivity contribution in [2.24, 2.45) is 11.7 Å². The molecule has 174 valence electrons. The van der Waals surface area contributed by atoms with E-state index in [4.69, 9.17) is 5.73 Å². The molecule has 0 bridgehead atoms. The SMILES string of the molecule is C[C@@H]1C[C@H](N)C[C@H](c2ccncc2CC(=O)c2ccc(F)c3cc(NCC(F)F)cnc23)C1. The van der Waals surface area contributed by atoms with Crippen LogP contribution in [0.5, 0.6) is 0 Å². The number of rotatable bonds is 7. The number of anilines is 1. The quantitative estimate of drug-likeness (QED) is 0.484. The maximum atomic E-state index is 14.5. The summed E-state index contributed by atoms with van der Waals surface area (Å²) in [7, 11) is 0. The highest BCUT2D eigenvalue weighted by atomic mass is 19.3. The van der Waals surface area contributed by atoms with Crippen LogP contribution in [-0.4, -0.2) is 34.8 Å². The Hall–Kier alpha value is -3.00. The normalized spacial score (nSPS) is 20.8. The topological polar surface area (TPSA) is 80.9 Å². The van der Waals surface area contributed by atoms with Crippen LogP contribution >= 0.6 is 0 Å². The molecule has 0 aliphatic heterocycles. The fourth-order valence-corrected chi connectivity index (χ4v) is 4.87. The number of aromatic nitrogens is 2. The van der Waals surface area contributed by atoms with Crippen LogP contribution in [0.2, 0.25) is 0 Å². The molecular weight excluding hydrogens is 429 g/mol.